The molecule has 130 valence electrons. The van der Waals surface area contributed by atoms with Gasteiger partial charge in [-0.05, 0) is 12.1 Å². The first-order valence-electron chi connectivity index (χ1n) is 7.48. The largest absolute Gasteiger partial charge is 0.464 e. The number of benzene rings is 1. The van der Waals surface area contributed by atoms with Gasteiger partial charge in [0, 0.05) is 5.38 Å². The number of hydrogen-bond donors (Lipinski definition) is 1. The highest BCUT2D eigenvalue weighted by atomic mass is 32.2. The third kappa shape index (κ3) is 5.30. The monoisotopic (exact) mass is 377 g/mol. The van der Waals surface area contributed by atoms with Crippen LogP contribution in [0.25, 0.3) is 11.1 Å². The summed E-state index contributed by atoms with van der Waals surface area (Å²) < 4.78 is 10.6. The van der Waals surface area contributed by atoms with Crippen molar-refractivity contribution < 1.29 is 18.7 Å². The zero-order valence-corrected chi connectivity index (χ0v) is 14.8. The summed E-state index contributed by atoms with van der Waals surface area (Å²) in [5.74, 6) is -0.358. The van der Waals surface area contributed by atoms with E-state index in [0.29, 0.717) is 16.5 Å². The van der Waals surface area contributed by atoms with E-state index in [1.165, 1.54) is 23.1 Å². The number of nitrogens with zero attached hydrogens (tertiary/aromatic N) is 2. The highest BCUT2D eigenvalue weighted by Crippen LogP contribution is 2.22. The standard InChI is InChI=1S/C16H15N3O4S2/c20-14(9-25-16-19-12-3-1-2-4-13(12)23-16)17-5-6-22-15(21)7-11-8-24-10-18-11/h1-4,8,10H,5-7,9H2,(H,17,20). The summed E-state index contributed by atoms with van der Waals surface area (Å²) in [4.78, 5) is 31.6. The minimum Gasteiger partial charge on any atom is -0.464 e. The molecule has 0 aliphatic rings. The van der Waals surface area contributed by atoms with Crippen molar-refractivity contribution in [3.63, 3.8) is 0 Å². The Bertz CT molecular complexity index is 815. The van der Waals surface area contributed by atoms with Gasteiger partial charge in [-0.3, -0.25) is 9.59 Å². The lowest BCUT2D eigenvalue weighted by Gasteiger charge is -2.05. The molecule has 0 spiro atoms. The average Bonchev–Trinajstić information content (AvgIpc) is 3.25. The van der Waals surface area contributed by atoms with Crippen molar-refractivity contribution in [3.8, 4) is 0 Å². The SMILES string of the molecule is O=C(CSc1nc2ccccc2o1)NCCOC(=O)Cc1cscn1. The first-order valence-corrected chi connectivity index (χ1v) is 9.41. The van der Waals surface area contributed by atoms with Gasteiger partial charge in [0.25, 0.3) is 5.22 Å². The maximum absolute atomic E-state index is 11.8. The molecule has 1 N–H and O–H groups in total. The second-order valence-corrected chi connectivity index (χ2v) is 6.61. The fraction of sp³-hybridized carbons (Fsp3) is 0.250. The van der Waals surface area contributed by atoms with Gasteiger partial charge in [-0.2, -0.15) is 0 Å². The van der Waals surface area contributed by atoms with Gasteiger partial charge >= 0.3 is 5.97 Å². The lowest BCUT2D eigenvalue weighted by atomic mass is 10.3. The number of ether oxygens (including phenoxy) is 1. The van der Waals surface area contributed by atoms with Gasteiger partial charge in [-0.1, -0.05) is 23.9 Å². The van der Waals surface area contributed by atoms with Crippen LogP contribution in [-0.4, -0.2) is 40.7 Å². The van der Waals surface area contributed by atoms with E-state index in [1.54, 1.807) is 10.9 Å². The number of rotatable bonds is 8. The maximum Gasteiger partial charge on any atom is 0.311 e. The van der Waals surface area contributed by atoms with E-state index in [2.05, 4.69) is 15.3 Å². The Hall–Kier alpha value is -2.39. The zero-order chi connectivity index (χ0) is 17.5. The van der Waals surface area contributed by atoms with Gasteiger partial charge in [0.15, 0.2) is 5.58 Å². The summed E-state index contributed by atoms with van der Waals surface area (Å²) >= 11 is 2.64. The molecule has 0 aliphatic carbocycles. The van der Waals surface area contributed by atoms with Crippen LogP contribution < -0.4 is 5.32 Å². The van der Waals surface area contributed by atoms with Gasteiger partial charge in [0.05, 0.1) is 29.9 Å². The molecule has 0 unspecified atom stereocenters. The Morgan fingerprint density at radius 1 is 1.32 bits per heavy atom. The normalized spacial score (nSPS) is 10.7. The Morgan fingerprint density at radius 2 is 2.20 bits per heavy atom. The Labute approximate surface area is 151 Å². The number of thiazole rings is 1. The van der Waals surface area contributed by atoms with Gasteiger partial charge in [-0.25, -0.2) is 9.97 Å². The van der Waals surface area contributed by atoms with Crippen LogP contribution >= 0.6 is 23.1 Å². The van der Waals surface area contributed by atoms with E-state index >= 15 is 0 Å². The van der Waals surface area contributed by atoms with E-state index in [0.717, 1.165) is 5.52 Å². The number of thioether (sulfide) groups is 1. The quantitative estimate of drug-likeness (QED) is 0.366. The smallest absolute Gasteiger partial charge is 0.311 e. The van der Waals surface area contributed by atoms with E-state index in [-0.39, 0.29) is 37.2 Å². The lowest BCUT2D eigenvalue weighted by Crippen LogP contribution is -2.29. The molecule has 0 atom stereocenters. The van der Waals surface area contributed by atoms with Crippen molar-refractivity contribution >= 4 is 46.1 Å². The zero-order valence-electron chi connectivity index (χ0n) is 13.1. The molecule has 0 fully saturated rings. The van der Waals surface area contributed by atoms with Gasteiger partial charge < -0.3 is 14.5 Å². The molecular formula is C16H15N3O4S2. The topological polar surface area (TPSA) is 94.3 Å². The number of fused-ring (bicyclic) bond motifs is 1. The number of carbonyl (C=O) groups is 2. The van der Waals surface area contributed by atoms with Crippen molar-refractivity contribution in [3.05, 3.63) is 40.8 Å². The third-order valence-corrected chi connectivity index (χ3v) is 4.56. The molecule has 3 rings (SSSR count). The lowest BCUT2D eigenvalue weighted by molar-refractivity contribution is -0.143. The van der Waals surface area contributed by atoms with Crippen LogP contribution in [0.1, 0.15) is 5.69 Å². The second kappa shape index (κ2) is 8.63. The van der Waals surface area contributed by atoms with Crippen molar-refractivity contribution in [2.45, 2.75) is 11.6 Å². The fourth-order valence-electron chi connectivity index (χ4n) is 1.97. The summed E-state index contributed by atoms with van der Waals surface area (Å²) in [6.07, 6.45) is 0.144. The molecule has 2 heterocycles. The molecule has 2 aromatic heterocycles. The Balaban J connectivity index is 1.32. The molecule has 9 heteroatoms. The van der Waals surface area contributed by atoms with Crippen molar-refractivity contribution in [1.29, 1.82) is 0 Å². The van der Waals surface area contributed by atoms with Crippen LogP contribution in [0.3, 0.4) is 0 Å². The first-order chi connectivity index (χ1) is 12.2. The van der Waals surface area contributed by atoms with Crippen molar-refractivity contribution in [1.82, 2.24) is 15.3 Å². The summed E-state index contributed by atoms with van der Waals surface area (Å²) in [7, 11) is 0. The molecule has 0 bridgehead atoms. The van der Waals surface area contributed by atoms with Crippen LogP contribution in [-0.2, 0) is 20.7 Å². The number of hydrogen-bond acceptors (Lipinski definition) is 8. The molecule has 25 heavy (non-hydrogen) atoms. The number of aromatic nitrogens is 2. The molecular weight excluding hydrogens is 362 g/mol. The summed E-state index contributed by atoms with van der Waals surface area (Å²) in [6.45, 7) is 0.387. The maximum atomic E-state index is 11.8. The van der Waals surface area contributed by atoms with Crippen molar-refractivity contribution in [2.75, 3.05) is 18.9 Å². The van der Waals surface area contributed by atoms with E-state index in [4.69, 9.17) is 9.15 Å². The number of oxazole rings is 1. The van der Waals surface area contributed by atoms with Crippen LogP contribution in [0.15, 0.2) is 44.8 Å². The van der Waals surface area contributed by atoms with Gasteiger partial charge in [0.2, 0.25) is 5.91 Å². The number of carbonyl (C=O) groups excluding carboxylic acids is 2. The van der Waals surface area contributed by atoms with E-state index in [9.17, 15) is 9.59 Å². The number of para-hydroxylation sites is 2. The Morgan fingerprint density at radius 3 is 3.00 bits per heavy atom. The minimum absolute atomic E-state index is 0.127. The van der Waals surface area contributed by atoms with Crippen LogP contribution in [0.2, 0.25) is 0 Å². The summed E-state index contributed by atoms with van der Waals surface area (Å²) in [5.41, 5.74) is 3.81. The molecule has 0 aliphatic heterocycles. The molecule has 0 saturated heterocycles. The molecule has 1 amide bonds. The number of esters is 1. The van der Waals surface area contributed by atoms with Gasteiger partial charge in [0.1, 0.15) is 12.1 Å². The highest BCUT2D eigenvalue weighted by Gasteiger charge is 2.10. The summed E-state index contributed by atoms with van der Waals surface area (Å²) in [6, 6.07) is 7.42. The average molecular weight is 377 g/mol. The Kier molecular flexibility index (Phi) is 6.02. The summed E-state index contributed by atoms with van der Waals surface area (Å²) in [5, 5.41) is 4.93. The first kappa shape index (κ1) is 17.4. The number of amides is 1. The van der Waals surface area contributed by atoms with E-state index < -0.39 is 0 Å². The molecule has 0 saturated carbocycles. The number of nitrogens with one attached hydrogen (secondary N) is 1. The van der Waals surface area contributed by atoms with Crippen LogP contribution in [0, 0.1) is 0 Å². The second-order valence-electron chi connectivity index (χ2n) is 4.96. The minimum atomic E-state index is -0.360. The molecule has 7 nitrogen and oxygen atoms in total. The predicted octanol–water partition coefficient (Wildman–Crippen LogP) is 2.28. The van der Waals surface area contributed by atoms with Crippen LogP contribution in [0.5, 0.6) is 0 Å². The van der Waals surface area contributed by atoms with Crippen molar-refractivity contribution in [2.24, 2.45) is 0 Å². The van der Waals surface area contributed by atoms with Crippen LogP contribution in [0.4, 0.5) is 0 Å². The van der Waals surface area contributed by atoms with Gasteiger partial charge in [-0.15, -0.1) is 11.3 Å². The fourth-order valence-corrected chi connectivity index (χ4v) is 3.20. The molecule has 1 aromatic carbocycles. The predicted molar refractivity (Wildman–Crippen MR) is 94.5 cm³/mol. The highest BCUT2D eigenvalue weighted by molar-refractivity contribution is 7.99. The van der Waals surface area contributed by atoms with E-state index in [1.807, 2.05) is 24.3 Å². The molecule has 3 aromatic rings. The third-order valence-electron chi connectivity index (χ3n) is 3.10. The molecule has 0 radical (unpaired) electrons.